The van der Waals surface area contributed by atoms with Crippen molar-refractivity contribution < 1.29 is 14.6 Å². The predicted octanol–water partition coefficient (Wildman–Crippen LogP) is 5.33. The molecule has 1 N–H and O–H groups in total. The van der Waals surface area contributed by atoms with Gasteiger partial charge in [-0.1, -0.05) is 48.5 Å². The number of amidine groups is 1. The van der Waals surface area contributed by atoms with Gasteiger partial charge < -0.3 is 14.7 Å². The molecule has 2 fully saturated rings. The molecule has 0 bridgehead atoms. The van der Waals surface area contributed by atoms with Crippen LogP contribution in [0.5, 0.6) is 5.75 Å². The Bertz CT molecular complexity index is 965. The molecule has 5 nitrogen and oxygen atoms in total. The monoisotopic (exact) mass is 432 g/mol. The number of methoxy groups -OCH3 is 1. The van der Waals surface area contributed by atoms with E-state index in [0.717, 1.165) is 42.6 Å². The van der Waals surface area contributed by atoms with E-state index >= 15 is 0 Å². The van der Waals surface area contributed by atoms with Crippen LogP contribution in [-0.4, -0.2) is 36.0 Å². The Morgan fingerprint density at radius 3 is 2.31 bits per heavy atom. The molecule has 4 rings (SSSR count). The van der Waals surface area contributed by atoms with E-state index in [1.54, 1.807) is 13.3 Å². The SMILES string of the molecule is COc1ccccc1/C=C/N=C(/C(C(=O)O)C(C1CC1)C1CC1)N(C)Cc1ccccc1. The van der Waals surface area contributed by atoms with Crippen LogP contribution < -0.4 is 4.74 Å². The molecule has 0 amide bonds. The largest absolute Gasteiger partial charge is 0.496 e. The van der Waals surface area contributed by atoms with Crippen molar-refractivity contribution in [1.82, 2.24) is 4.90 Å². The van der Waals surface area contributed by atoms with E-state index in [2.05, 4.69) is 12.1 Å². The maximum atomic E-state index is 12.6. The summed E-state index contributed by atoms with van der Waals surface area (Å²) in [6, 6.07) is 17.9. The normalized spacial score (nSPS) is 17.5. The maximum absolute atomic E-state index is 12.6. The molecule has 0 aromatic heterocycles. The topological polar surface area (TPSA) is 62.1 Å². The highest BCUT2D eigenvalue weighted by Crippen LogP contribution is 2.53. The van der Waals surface area contributed by atoms with Gasteiger partial charge in [0.25, 0.3) is 0 Å². The van der Waals surface area contributed by atoms with Crippen LogP contribution in [0.25, 0.3) is 6.08 Å². The molecule has 168 valence electrons. The first-order valence-electron chi connectivity index (χ1n) is 11.4. The first-order chi connectivity index (χ1) is 15.6. The van der Waals surface area contributed by atoms with Gasteiger partial charge in [0.1, 0.15) is 17.5 Å². The smallest absolute Gasteiger partial charge is 0.314 e. The van der Waals surface area contributed by atoms with Crippen LogP contribution in [0.15, 0.2) is 65.8 Å². The number of carboxylic acids is 1. The third-order valence-electron chi connectivity index (χ3n) is 6.52. The molecule has 0 saturated heterocycles. The second kappa shape index (κ2) is 10.0. The van der Waals surface area contributed by atoms with Crippen LogP contribution in [0, 0.1) is 23.7 Å². The number of nitrogens with zero attached hydrogens (tertiary/aromatic N) is 2. The van der Waals surface area contributed by atoms with Gasteiger partial charge in [-0.2, -0.15) is 0 Å². The Kier molecular flexibility index (Phi) is 6.93. The first-order valence-corrected chi connectivity index (χ1v) is 11.4. The molecule has 1 unspecified atom stereocenters. The Morgan fingerprint density at radius 2 is 1.72 bits per heavy atom. The lowest BCUT2D eigenvalue weighted by Gasteiger charge is -2.31. The van der Waals surface area contributed by atoms with E-state index in [1.807, 2.05) is 60.5 Å². The number of aliphatic imine (C=N–C) groups is 1. The number of hydrogen-bond donors (Lipinski definition) is 1. The fourth-order valence-corrected chi connectivity index (χ4v) is 4.69. The van der Waals surface area contributed by atoms with Gasteiger partial charge in [-0.05, 0) is 61.1 Å². The van der Waals surface area contributed by atoms with E-state index in [4.69, 9.17) is 9.73 Å². The van der Waals surface area contributed by atoms with E-state index in [0.29, 0.717) is 24.2 Å². The second-order valence-corrected chi connectivity index (χ2v) is 8.95. The number of para-hydroxylation sites is 1. The fraction of sp³-hybridized carbons (Fsp3) is 0.407. The summed E-state index contributed by atoms with van der Waals surface area (Å²) in [6.07, 6.45) is 8.16. The zero-order chi connectivity index (χ0) is 22.5. The average molecular weight is 433 g/mol. The molecule has 2 aromatic carbocycles. The van der Waals surface area contributed by atoms with Crippen molar-refractivity contribution in [1.29, 1.82) is 0 Å². The van der Waals surface area contributed by atoms with Crippen LogP contribution in [-0.2, 0) is 11.3 Å². The molecule has 0 heterocycles. The zero-order valence-corrected chi connectivity index (χ0v) is 18.9. The zero-order valence-electron chi connectivity index (χ0n) is 18.9. The lowest BCUT2D eigenvalue weighted by molar-refractivity contribution is -0.141. The van der Waals surface area contributed by atoms with Crippen LogP contribution in [0.3, 0.4) is 0 Å². The minimum atomic E-state index is -0.766. The number of hydrogen-bond acceptors (Lipinski definition) is 3. The lowest BCUT2D eigenvalue weighted by atomic mass is 9.82. The van der Waals surface area contributed by atoms with Gasteiger partial charge in [-0.25, -0.2) is 4.99 Å². The van der Waals surface area contributed by atoms with Crippen molar-refractivity contribution in [3.8, 4) is 5.75 Å². The van der Waals surface area contributed by atoms with Gasteiger partial charge in [-0.15, -0.1) is 0 Å². The lowest BCUT2D eigenvalue weighted by Crippen LogP contribution is -2.42. The summed E-state index contributed by atoms with van der Waals surface area (Å²) in [6.45, 7) is 0.619. The van der Waals surface area contributed by atoms with Gasteiger partial charge in [0.2, 0.25) is 0 Å². The third-order valence-corrected chi connectivity index (χ3v) is 6.52. The Morgan fingerprint density at radius 1 is 1.09 bits per heavy atom. The molecular formula is C27H32N2O3. The number of ether oxygens (including phenoxy) is 1. The van der Waals surface area contributed by atoms with Crippen LogP contribution in [0.1, 0.15) is 36.8 Å². The van der Waals surface area contributed by atoms with Crippen molar-refractivity contribution in [2.24, 2.45) is 28.7 Å². The van der Waals surface area contributed by atoms with Crippen molar-refractivity contribution in [2.45, 2.75) is 32.2 Å². The molecule has 2 saturated carbocycles. The molecular weight excluding hydrogens is 400 g/mol. The highest BCUT2D eigenvalue weighted by molar-refractivity contribution is 6.01. The van der Waals surface area contributed by atoms with Gasteiger partial charge >= 0.3 is 5.97 Å². The molecule has 2 aromatic rings. The van der Waals surface area contributed by atoms with Crippen molar-refractivity contribution in [3.05, 3.63) is 71.9 Å². The minimum Gasteiger partial charge on any atom is -0.496 e. The van der Waals surface area contributed by atoms with Crippen LogP contribution in [0.4, 0.5) is 0 Å². The Labute approximate surface area is 190 Å². The summed E-state index contributed by atoms with van der Waals surface area (Å²) in [5.74, 6) is 1.24. The number of benzene rings is 2. The summed E-state index contributed by atoms with van der Waals surface area (Å²) in [7, 11) is 3.60. The number of carboxylic acid groups (broad SMARTS) is 1. The molecule has 0 spiro atoms. The maximum Gasteiger partial charge on any atom is 0.314 e. The van der Waals surface area contributed by atoms with Crippen molar-refractivity contribution in [3.63, 3.8) is 0 Å². The summed E-state index contributed by atoms with van der Waals surface area (Å²) in [5.41, 5.74) is 2.05. The molecule has 0 radical (unpaired) electrons. The number of carbonyl (C=O) groups is 1. The highest BCUT2D eigenvalue weighted by Gasteiger charge is 2.50. The van der Waals surface area contributed by atoms with Crippen molar-refractivity contribution >= 4 is 17.9 Å². The summed E-state index contributed by atoms with van der Waals surface area (Å²) in [4.78, 5) is 19.4. The molecule has 2 aliphatic carbocycles. The Hall–Kier alpha value is -3.08. The fourth-order valence-electron chi connectivity index (χ4n) is 4.69. The number of aliphatic carboxylic acids is 1. The Balaban J connectivity index is 1.66. The van der Waals surface area contributed by atoms with Crippen LogP contribution in [0.2, 0.25) is 0 Å². The molecule has 1 atom stereocenters. The summed E-state index contributed by atoms with van der Waals surface area (Å²) < 4.78 is 5.43. The average Bonchev–Trinajstić information content (AvgIpc) is 3.71. The summed E-state index contributed by atoms with van der Waals surface area (Å²) >= 11 is 0. The van der Waals surface area contributed by atoms with E-state index in [9.17, 15) is 9.90 Å². The first kappa shape index (κ1) is 22.1. The van der Waals surface area contributed by atoms with E-state index in [1.165, 1.54) is 0 Å². The molecule has 2 aliphatic rings. The van der Waals surface area contributed by atoms with Crippen LogP contribution >= 0.6 is 0 Å². The third kappa shape index (κ3) is 5.39. The van der Waals surface area contributed by atoms with Gasteiger partial charge in [0.05, 0.1) is 7.11 Å². The molecule has 32 heavy (non-hydrogen) atoms. The van der Waals surface area contributed by atoms with Gasteiger partial charge in [0, 0.05) is 25.4 Å². The van der Waals surface area contributed by atoms with Gasteiger partial charge in [-0.3, -0.25) is 4.79 Å². The quantitative estimate of drug-likeness (QED) is 0.407. The molecule has 0 aliphatic heterocycles. The molecule has 5 heteroatoms. The second-order valence-electron chi connectivity index (χ2n) is 8.95. The predicted molar refractivity (Wildman–Crippen MR) is 127 cm³/mol. The number of rotatable bonds is 10. The van der Waals surface area contributed by atoms with Gasteiger partial charge in [0.15, 0.2) is 0 Å². The van der Waals surface area contributed by atoms with E-state index < -0.39 is 11.9 Å². The van der Waals surface area contributed by atoms with Crippen molar-refractivity contribution in [2.75, 3.05) is 14.2 Å². The van der Waals surface area contributed by atoms with E-state index in [-0.39, 0.29) is 5.92 Å². The minimum absolute atomic E-state index is 0.170. The highest BCUT2D eigenvalue weighted by atomic mass is 16.5. The standard InChI is InChI=1S/C27H32N2O3/c1-29(18-19-8-4-3-5-9-19)26(28-17-16-20-10-6-7-11-23(20)32-2)25(27(30)31)24(21-12-13-21)22-14-15-22/h3-11,16-17,21-22,24-25H,12-15,18H2,1-2H3,(H,30,31)/b17-16+,28-26-. The summed E-state index contributed by atoms with van der Waals surface area (Å²) in [5, 5.41) is 10.3.